The molecule has 2 N–H and O–H groups in total. The lowest BCUT2D eigenvalue weighted by molar-refractivity contribution is 0.409. The molecule has 3 rings (SSSR count). The van der Waals surface area contributed by atoms with Crippen LogP contribution in [-0.4, -0.2) is 7.11 Å². The summed E-state index contributed by atoms with van der Waals surface area (Å²) in [7, 11) is 1.69. The van der Waals surface area contributed by atoms with Crippen molar-refractivity contribution in [1.82, 2.24) is 0 Å². The van der Waals surface area contributed by atoms with Crippen LogP contribution in [0.25, 0.3) is 10.8 Å². The van der Waals surface area contributed by atoms with Crippen molar-refractivity contribution in [2.75, 3.05) is 7.11 Å². The van der Waals surface area contributed by atoms with Gasteiger partial charge in [0, 0.05) is 10.4 Å². The van der Waals surface area contributed by atoms with E-state index in [0.29, 0.717) is 0 Å². The lowest BCUT2D eigenvalue weighted by Crippen LogP contribution is -2.12. The first kappa shape index (κ1) is 12.2. The average molecular weight is 269 g/mol. The Bertz CT molecular complexity index is 691. The second-order valence-corrected chi connectivity index (χ2v) is 5.37. The SMILES string of the molecule is COc1ccc2ccccc2c1[C@@H](N)c1cccs1. The van der Waals surface area contributed by atoms with Gasteiger partial charge in [-0.1, -0.05) is 36.4 Å². The molecule has 3 heteroatoms. The second-order valence-electron chi connectivity index (χ2n) is 4.40. The minimum Gasteiger partial charge on any atom is -0.496 e. The van der Waals surface area contributed by atoms with Crippen molar-refractivity contribution in [3.8, 4) is 5.75 Å². The lowest BCUT2D eigenvalue weighted by Gasteiger charge is -2.17. The van der Waals surface area contributed by atoms with Crippen molar-refractivity contribution in [1.29, 1.82) is 0 Å². The van der Waals surface area contributed by atoms with E-state index in [0.717, 1.165) is 21.6 Å². The first-order chi connectivity index (χ1) is 9.31. The molecule has 0 aliphatic carbocycles. The normalized spacial score (nSPS) is 12.5. The van der Waals surface area contributed by atoms with Gasteiger partial charge in [-0.3, -0.25) is 0 Å². The fraction of sp³-hybridized carbons (Fsp3) is 0.125. The Balaban J connectivity index is 2.25. The highest BCUT2D eigenvalue weighted by molar-refractivity contribution is 7.10. The molecule has 0 spiro atoms. The zero-order valence-electron chi connectivity index (χ0n) is 10.7. The number of methoxy groups -OCH3 is 1. The molecule has 3 aromatic rings. The van der Waals surface area contributed by atoms with E-state index in [1.807, 2.05) is 29.6 Å². The Morgan fingerprint density at radius 3 is 2.63 bits per heavy atom. The molecule has 0 saturated carbocycles. The molecule has 2 nitrogen and oxygen atoms in total. The largest absolute Gasteiger partial charge is 0.496 e. The number of hydrogen-bond donors (Lipinski definition) is 1. The minimum atomic E-state index is -0.152. The molecule has 96 valence electrons. The molecule has 2 aromatic carbocycles. The van der Waals surface area contributed by atoms with Crippen LogP contribution in [-0.2, 0) is 0 Å². The number of thiophene rings is 1. The van der Waals surface area contributed by atoms with Crippen molar-refractivity contribution in [2.45, 2.75) is 6.04 Å². The molecule has 1 atom stereocenters. The summed E-state index contributed by atoms with van der Waals surface area (Å²) in [5.41, 5.74) is 7.49. The van der Waals surface area contributed by atoms with Gasteiger partial charge in [0.15, 0.2) is 0 Å². The van der Waals surface area contributed by atoms with Crippen molar-refractivity contribution < 1.29 is 4.74 Å². The predicted octanol–water partition coefficient (Wildman–Crippen LogP) is 3.96. The topological polar surface area (TPSA) is 35.2 Å². The first-order valence-corrected chi connectivity index (χ1v) is 7.04. The second kappa shape index (κ2) is 5.03. The summed E-state index contributed by atoms with van der Waals surface area (Å²) in [6.45, 7) is 0. The summed E-state index contributed by atoms with van der Waals surface area (Å²) in [6.07, 6.45) is 0. The highest BCUT2D eigenvalue weighted by atomic mass is 32.1. The third-order valence-electron chi connectivity index (χ3n) is 3.31. The number of hydrogen-bond acceptors (Lipinski definition) is 3. The highest BCUT2D eigenvalue weighted by Gasteiger charge is 2.17. The maximum Gasteiger partial charge on any atom is 0.124 e. The minimum absolute atomic E-state index is 0.152. The first-order valence-electron chi connectivity index (χ1n) is 6.16. The van der Waals surface area contributed by atoms with Gasteiger partial charge in [0.05, 0.1) is 13.2 Å². The third-order valence-corrected chi connectivity index (χ3v) is 4.27. The van der Waals surface area contributed by atoms with E-state index in [-0.39, 0.29) is 6.04 Å². The smallest absolute Gasteiger partial charge is 0.124 e. The monoisotopic (exact) mass is 269 g/mol. The molecule has 0 aliphatic rings. The van der Waals surface area contributed by atoms with Crippen LogP contribution in [0.3, 0.4) is 0 Å². The van der Waals surface area contributed by atoms with Crippen LogP contribution in [0.4, 0.5) is 0 Å². The summed E-state index contributed by atoms with van der Waals surface area (Å²) in [4.78, 5) is 1.15. The van der Waals surface area contributed by atoms with Crippen LogP contribution in [0.5, 0.6) is 5.75 Å². The Hall–Kier alpha value is -1.84. The number of benzene rings is 2. The molecular weight excluding hydrogens is 254 g/mol. The molecule has 1 heterocycles. The zero-order chi connectivity index (χ0) is 13.2. The average Bonchev–Trinajstić information content (AvgIpc) is 2.99. The van der Waals surface area contributed by atoms with Crippen LogP contribution >= 0.6 is 11.3 Å². The quantitative estimate of drug-likeness (QED) is 0.781. The number of nitrogens with two attached hydrogens (primary N) is 1. The third kappa shape index (κ3) is 2.11. The summed E-state index contributed by atoms with van der Waals surface area (Å²) in [5, 5.41) is 4.39. The van der Waals surface area contributed by atoms with E-state index in [1.165, 1.54) is 5.39 Å². The van der Waals surface area contributed by atoms with Gasteiger partial charge in [0.25, 0.3) is 0 Å². The van der Waals surface area contributed by atoms with Crippen LogP contribution in [0, 0.1) is 0 Å². The van der Waals surface area contributed by atoms with Crippen LogP contribution < -0.4 is 10.5 Å². The Labute approximate surface area is 116 Å². The number of fused-ring (bicyclic) bond motifs is 1. The molecule has 1 aromatic heterocycles. The Kier molecular flexibility index (Phi) is 3.23. The zero-order valence-corrected chi connectivity index (χ0v) is 11.5. The molecule has 0 aliphatic heterocycles. The van der Waals surface area contributed by atoms with E-state index < -0.39 is 0 Å². The summed E-state index contributed by atoms with van der Waals surface area (Å²) in [5.74, 6) is 0.847. The Morgan fingerprint density at radius 2 is 1.89 bits per heavy atom. The predicted molar refractivity (Wildman–Crippen MR) is 80.8 cm³/mol. The number of ether oxygens (including phenoxy) is 1. The van der Waals surface area contributed by atoms with Crippen molar-refractivity contribution in [3.05, 3.63) is 64.4 Å². The van der Waals surface area contributed by atoms with Gasteiger partial charge in [-0.05, 0) is 28.3 Å². The van der Waals surface area contributed by atoms with Gasteiger partial charge in [0.1, 0.15) is 5.75 Å². The number of rotatable bonds is 3. The van der Waals surface area contributed by atoms with Crippen LogP contribution in [0.15, 0.2) is 53.9 Å². The molecule has 0 saturated heterocycles. The van der Waals surface area contributed by atoms with Gasteiger partial charge >= 0.3 is 0 Å². The molecular formula is C16H15NOS. The maximum atomic E-state index is 6.43. The van der Waals surface area contributed by atoms with E-state index >= 15 is 0 Å². The van der Waals surface area contributed by atoms with Crippen LogP contribution in [0.1, 0.15) is 16.5 Å². The van der Waals surface area contributed by atoms with Crippen LogP contribution in [0.2, 0.25) is 0 Å². The highest BCUT2D eigenvalue weighted by Crippen LogP contribution is 2.36. The summed E-state index contributed by atoms with van der Waals surface area (Å²) >= 11 is 1.67. The van der Waals surface area contributed by atoms with E-state index in [9.17, 15) is 0 Å². The standard InChI is InChI=1S/C16H15NOS/c1-18-13-9-8-11-5-2-3-6-12(11)15(13)16(17)14-7-4-10-19-14/h2-10,16H,17H2,1H3/t16-/m0/s1. The van der Waals surface area contributed by atoms with Gasteiger partial charge < -0.3 is 10.5 Å². The molecule has 0 radical (unpaired) electrons. The fourth-order valence-corrected chi connectivity index (χ4v) is 3.12. The van der Waals surface area contributed by atoms with Gasteiger partial charge in [-0.2, -0.15) is 0 Å². The molecule has 0 amide bonds. The van der Waals surface area contributed by atoms with E-state index in [2.05, 4.69) is 24.3 Å². The van der Waals surface area contributed by atoms with Crippen molar-refractivity contribution >= 4 is 22.1 Å². The molecule has 0 bridgehead atoms. The van der Waals surface area contributed by atoms with E-state index in [1.54, 1.807) is 18.4 Å². The van der Waals surface area contributed by atoms with Crippen molar-refractivity contribution in [3.63, 3.8) is 0 Å². The fourth-order valence-electron chi connectivity index (χ4n) is 2.38. The van der Waals surface area contributed by atoms with Gasteiger partial charge in [-0.25, -0.2) is 0 Å². The maximum absolute atomic E-state index is 6.43. The molecule has 0 fully saturated rings. The Morgan fingerprint density at radius 1 is 1.05 bits per heavy atom. The molecule has 0 unspecified atom stereocenters. The van der Waals surface area contributed by atoms with Gasteiger partial charge in [-0.15, -0.1) is 11.3 Å². The summed E-state index contributed by atoms with van der Waals surface area (Å²) in [6, 6.07) is 16.3. The van der Waals surface area contributed by atoms with E-state index in [4.69, 9.17) is 10.5 Å². The van der Waals surface area contributed by atoms with Crippen molar-refractivity contribution in [2.24, 2.45) is 5.73 Å². The van der Waals surface area contributed by atoms with Gasteiger partial charge in [0.2, 0.25) is 0 Å². The molecule has 19 heavy (non-hydrogen) atoms. The lowest BCUT2D eigenvalue weighted by atomic mass is 9.97. The summed E-state index contributed by atoms with van der Waals surface area (Å²) < 4.78 is 5.50.